The number of aryl methyl sites for hydroxylation is 1. The molecule has 0 radical (unpaired) electrons. The molecule has 4 rings (SSSR count). The van der Waals surface area contributed by atoms with Crippen LogP contribution in [0.25, 0.3) is 0 Å². The zero-order valence-electron chi connectivity index (χ0n) is 16.3. The van der Waals surface area contributed by atoms with Crippen LogP contribution in [0.4, 0.5) is 5.00 Å². The van der Waals surface area contributed by atoms with Crippen LogP contribution < -0.4 is 5.32 Å². The second-order valence-electron chi connectivity index (χ2n) is 8.04. The first-order valence-corrected chi connectivity index (χ1v) is 11.0. The van der Waals surface area contributed by atoms with Crippen molar-refractivity contribution in [2.24, 2.45) is 5.92 Å². The van der Waals surface area contributed by atoms with Gasteiger partial charge in [-0.05, 0) is 74.7 Å². The molecule has 1 atom stereocenters. The molecule has 144 valence electrons. The molecule has 2 aromatic rings. The zero-order chi connectivity index (χ0) is 18.8. The molecule has 0 saturated carbocycles. The van der Waals surface area contributed by atoms with E-state index in [-0.39, 0.29) is 11.9 Å². The van der Waals surface area contributed by atoms with E-state index in [1.165, 1.54) is 47.3 Å². The standard InChI is InChI=1S/C22H29N3OS/c1-15-9-12-25(13-10-15)21(17-6-5-11-23-14-17)20-18-7-3-4-8-19(18)27-22(20)24-16(2)26/h5-6,11,14-15,21H,3-4,7-10,12-13H2,1-2H3,(H,24,26)/t21-/m1/s1. The van der Waals surface area contributed by atoms with Crippen LogP contribution in [-0.2, 0) is 17.6 Å². The van der Waals surface area contributed by atoms with Crippen molar-refractivity contribution in [3.63, 3.8) is 0 Å². The van der Waals surface area contributed by atoms with Gasteiger partial charge in [-0.25, -0.2) is 0 Å². The molecule has 1 N–H and O–H groups in total. The van der Waals surface area contributed by atoms with E-state index in [4.69, 9.17) is 0 Å². The van der Waals surface area contributed by atoms with E-state index in [0.717, 1.165) is 36.9 Å². The molecule has 0 bridgehead atoms. The third-order valence-electron chi connectivity index (χ3n) is 5.96. The van der Waals surface area contributed by atoms with Gasteiger partial charge in [-0.15, -0.1) is 11.3 Å². The molecular formula is C22H29N3OS. The summed E-state index contributed by atoms with van der Waals surface area (Å²) < 4.78 is 0. The highest BCUT2D eigenvalue weighted by Crippen LogP contribution is 2.46. The number of pyridine rings is 1. The molecule has 1 fully saturated rings. The van der Waals surface area contributed by atoms with Gasteiger partial charge < -0.3 is 5.32 Å². The summed E-state index contributed by atoms with van der Waals surface area (Å²) >= 11 is 1.80. The number of hydrogen-bond acceptors (Lipinski definition) is 4. The van der Waals surface area contributed by atoms with Gasteiger partial charge in [0, 0.05) is 29.8 Å². The topological polar surface area (TPSA) is 45.2 Å². The van der Waals surface area contributed by atoms with Crippen molar-refractivity contribution >= 4 is 22.2 Å². The minimum Gasteiger partial charge on any atom is -0.318 e. The highest BCUT2D eigenvalue weighted by atomic mass is 32.1. The predicted molar refractivity (Wildman–Crippen MR) is 111 cm³/mol. The SMILES string of the molecule is CC(=O)Nc1sc2c(c1[C@@H](c1cccnc1)N1CCC(C)CC1)CCCC2. The quantitative estimate of drug-likeness (QED) is 0.825. The van der Waals surface area contributed by atoms with Crippen LogP contribution in [0.2, 0.25) is 0 Å². The molecule has 27 heavy (non-hydrogen) atoms. The number of fused-ring (bicyclic) bond motifs is 1. The molecule has 2 aliphatic rings. The molecule has 0 unspecified atom stereocenters. The monoisotopic (exact) mass is 383 g/mol. The lowest BCUT2D eigenvalue weighted by molar-refractivity contribution is -0.114. The number of piperidine rings is 1. The summed E-state index contributed by atoms with van der Waals surface area (Å²) in [6.07, 6.45) is 11.1. The van der Waals surface area contributed by atoms with Gasteiger partial charge in [0.2, 0.25) is 5.91 Å². The number of carbonyl (C=O) groups is 1. The first-order valence-electron chi connectivity index (χ1n) is 10.2. The Balaban J connectivity index is 1.82. The second-order valence-corrected chi connectivity index (χ2v) is 9.15. The van der Waals surface area contributed by atoms with Gasteiger partial charge in [-0.1, -0.05) is 13.0 Å². The van der Waals surface area contributed by atoms with Crippen molar-refractivity contribution in [2.75, 3.05) is 18.4 Å². The largest absolute Gasteiger partial charge is 0.318 e. The summed E-state index contributed by atoms with van der Waals surface area (Å²) in [5, 5.41) is 4.22. The van der Waals surface area contributed by atoms with Crippen LogP contribution in [0.5, 0.6) is 0 Å². The molecule has 2 aromatic heterocycles. The lowest BCUT2D eigenvalue weighted by Gasteiger charge is -2.38. The van der Waals surface area contributed by atoms with Crippen LogP contribution in [-0.4, -0.2) is 28.9 Å². The molecule has 5 heteroatoms. The third kappa shape index (κ3) is 3.94. The number of nitrogens with zero attached hydrogens (tertiary/aromatic N) is 2. The lowest BCUT2D eigenvalue weighted by Crippen LogP contribution is -2.37. The van der Waals surface area contributed by atoms with Gasteiger partial charge in [0.25, 0.3) is 0 Å². The van der Waals surface area contributed by atoms with E-state index >= 15 is 0 Å². The highest BCUT2D eigenvalue weighted by Gasteiger charge is 2.33. The van der Waals surface area contributed by atoms with E-state index in [0.29, 0.717) is 0 Å². The molecule has 1 aliphatic carbocycles. The fraction of sp³-hybridized carbons (Fsp3) is 0.545. The Bertz CT molecular complexity index is 793. The van der Waals surface area contributed by atoms with Gasteiger partial charge in [-0.2, -0.15) is 0 Å². The van der Waals surface area contributed by atoms with E-state index in [1.807, 2.05) is 18.5 Å². The predicted octanol–water partition coefficient (Wildman–Crippen LogP) is 4.80. The summed E-state index contributed by atoms with van der Waals surface area (Å²) in [7, 11) is 0. The summed E-state index contributed by atoms with van der Waals surface area (Å²) in [4.78, 5) is 20.4. The number of likely N-dealkylation sites (tertiary alicyclic amines) is 1. The molecule has 0 aromatic carbocycles. The Morgan fingerprint density at radius 2 is 2.07 bits per heavy atom. The summed E-state index contributed by atoms with van der Waals surface area (Å²) in [6.45, 7) is 6.17. The summed E-state index contributed by atoms with van der Waals surface area (Å²) in [6, 6.07) is 4.41. The number of hydrogen-bond donors (Lipinski definition) is 1. The lowest BCUT2D eigenvalue weighted by atomic mass is 9.87. The van der Waals surface area contributed by atoms with Gasteiger partial charge in [0.05, 0.1) is 6.04 Å². The highest BCUT2D eigenvalue weighted by molar-refractivity contribution is 7.16. The van der Waals surface area contributed by atoms with Crippen molar-refractivity contribution in [1.29, 1.82) is 0 Å². The van der Waals surface area contributed by atoms with Gasteiger partial charge in [0.1, 0.15) is 5.00 Å². The molecule has 3 heterocycles. The second kappa shape index (κ2) is 8.11. The number of rotatable bonds is 4. The maximum atomic E-state index is 11.9. The van der Waals surface area contributed by atoms with Gasteiger partial charge in [-0.3, -0.25) is 14.7 Å². The molecule has 4 nitrogen and oxygen atoms in total. The Morgan fingerprint density at radius 1 is 1.30 bits per heavy atom. The molecule has 1 aliphatic heterocycles. The zero-order valence-corrected chi connectivity index (χ0v) is 17.1. The molecule has 1 amide bonds. The Labute approximate surface area is 166 Å². The fourth-order valence-corrected chi connectivity index (χ4v) is 5.88. The number of amides is 1. The summed E-state index contributed by atoms with van der Waals surface area (Å²) in [5.74, 6) is 0.814. The number of nitrogens with one attached hydrogen (secondary N) is 1. The number of aromatic nitrogens is 1. The number of anilines is 1. The average Bonchev–Trinajstić information content (AvgIpc) is 3.02. The average molecular weight is 384 g/mol. The van der Waals surface area contributed by atoms with E-state index in [2.05, 4.69) is 28.2 Å². The maximum absolute atomic E-state index is 11.9. The van der Waals surface area contributed by atoms with Crippen LogP contribution in [0.1, 0.15) is 67.1 Å². The number of thiophene rings is 1. The van der Waals surface area contributed by atoms with Crippen molar-refractivity contribution in [3.05, 3.63) is 46.1 Å². The third-order valence-corrected chi connectivity index (χ3v) is 7.18. The maximum Gasteiger partial charge on any atom is 0.221 e. The molecular weight excluding hydrogens is 354 g/mol. The van der Waals surface area contributed by atoms with Crippen LogP contribution in [0.15, 0.2) is 24.5 Å². The Kier molecular flexibility index (Phi) is 5.60. The molecule has 0 spiro atoms. The minimum atomic E-state index is 0.0204. The Hall–Kier alpha value is -1.72. The van der Waals surface area contributed by atoms with E-state index in [1.54, 1.807) is 18.3 Å². The van der Waals surface area contributed by atoms with Gasteiger partial charge in [0.15, 0.2) is 0 Å². The number of carbonyl (C=O) groups excluding carboxylic acids is 1. The van der Waals surface area contributed by atoms with Crippen molar-refractivity contribution in [1.82, 2.24) is 9.88 Å². The summed E-state index contributed by atoms with van der Waals surface area (Å²) in [5.41, 5.74) is 4.07. The smallest absolute Gasteiger partial charge is 0.221 e. The Morgan fingerprint density at radius 3 is 2.78 bits per heavy atom. The van der Waals surface area contributed by atoms with E-state index < -0.39 is 0 Å². The van der Waals surface area contributed by atoms with Crippen molar-refractivity contribution < 1.29 is 4.79 Å². The van der Waals surface area contributed by atoms with Crippen molar-refractivity contribution in [3.8, 4) is 0 Å². The normalized spacial score (nSPS) is 19.5. The van der Waals surface area contributed by atoms with Crippen molar-refractivity contribution in [2.45, 2.75) is 58.4 Å². The first-order chi connectivity index (χ1) is 13.1. The molecule has 1 saturated heterocycles. The van der Waals surface area contributed by atoms with Crippen LogP contribution in [0.3, 0.4) is 0 Å². The van der Waals surface area contributed by atoms with E-state index in [9.17, 15) is 4.79 Å². The fourth-order valence-electron chi connectivity index (χ4n) is 4.52. The van der Waals surface area contributed by atoms with Crippen LogP contribution >= 0.6 is 11.3 Å². The van der Waals surface area contributed by atoms with Gasteiger partial charge >= 0.3 is 0 Å². The van der Waals surface area contributed by atoms with Crippen LogP contribution in [0, 0.1) is 5.92 Å². The minimum absolute atomic E-state index is 0.0204. The first kappa shape index (κ1) is 18.6.